The van der Waals surface area contributed by atoms with E-state index in [-0.39, 0.29) is 5.75 Å². The Labute approximate surface area is 143 Å². The van der Waals surface area contributed by atoms with Gasteiger partial charge < -0.3 is 9.88 Å². The molecule has 4 amide bonds. The minimum absolute atomic E-state index is 0.0382. The van der Waals surface area contributed by atoms with Crippen LogP contribution in [0.3, 0.4) is 0 Å². The highest BCUT2D eigenvalue weighted by Gasteiger charge is 2.47. The molecule has 2 N–H and O–H groups in total. The Bertz CT molecular complexity index is 701. The van der Waals surface area contributed by atoms with Crippen molar-refractivity contribution in [1.82, 2.24) is 30.5 Å². The molecule has 2 aliphatic rings. The summed E-state index contributed by atoms with van der Waals surface area (Å²) < 4.78 is 1.89. The number of imide groups is 1. The summed E-state index contributed by atoms with van der Waals surface area (Å²) in [6.45, 7) is 3.43. The summed E-state index contributed by atoms with van der Waals surface area (Å²) in [6.07, 6.45) is 2.70. The predicted molar refractivity (Wildman–Crippen MR) is 85.9 cm³/mol. The lowest BCUT2D eigenvalue weighted by Gasteiger charge is -2.19. The molecule has 1 atom stereocenters. The molecule has 130 valence electrons. The largest absolute Gasteiger partial charge is 0.344 e. The van der Waals surface area contributed by atoms with Crippen LogP contribution < -0.4 is 10.7 Å². The van der Waals surface area contributed by atoms with Crippen LogP contribution in [0, 0.1) is 0 Å². The molecule has 9 nitrogen and oxygen atoms in total. The van der Waals surface area contributed by atoms with E-state index in [9.17, 15) is 14.4 Å². The fourth-order valence-corrected chi connectivity index (χ4v) is 3.17. The van der Waals surface area contributed by atoms with Crippen molar-refractivity contribution < 1.29 is 14.4 Å². The van der Waals surface area contributed by atoms with E-state index < -0.39 is 23.4 Å². The summed E-state index contributed by atoms with van der Waals surface area (Å²) in [5.41, 5.74) is 1.38. The number of hydrogen-bond acceptors (Lipinski definition) is 6. The molecular weight excluding hydrogens is 332 g/mol. The van der Waals surface area contributed by atoms with Gasteiger partial charge in [-0.1, -0.05) is 18.7 Å². The zero-order chi connectivity index (χ0) is 17.5. The number of urea groups is 1. The Morgan fingerprint density at radius 3 is 2.71 bits per heavy atom. The molecule has 1 aromatic rings. The first-order chi connectivity index (χ1) is 11.4. The van der Waals surface area contributed by atoms with Crippen molar-refractivity contribution in [2.24, 2.45) is 7.05 Å². The van der Waals surface area contributed by atoms with E-state index in [4.69, 9.17) is 0 Å². The van der Waals surface area contributed by atoms with Crippen molar-refractivity contribution in [3.63, 3.8) is 0 Å². The molecule has 0 spiro atoms. The van der Waals surface area contributed by atoms with Crippen LogP contribution in [0.4, 0.5) is 4.79 Å². The Morgan fingerprint density at radius 2 is 2.12 bits per heavy atom. The first kappa shape index (κ1) is 16.7. The molecule has 24 heavy (non-hydrogen) atoms. The van der Waals surface area contributed by atoms with Crippen LogP contribution in [-0.4, -0.2) is 48.9 Å². The molecule has 1 unspecified atom stereocenters. The zero-order valence-corrected chi connectivity index (χ0v) is 14.6. The van der Waals surface area contributed by atoms with E-state index in [0.29, 0.717) is 17.5 Å². The Morgan fingerprint density at radius 1 is 1.42 bits per heavy atom. The van der Waals surface area contributed by atoms with Gasteiger partial charge in [0.25, 0.3) is 5.91 Å². The maximum atomic E-state index is 12.2. The highest BCUT2D eigenvalue weighted by molar-refractivity contribution is 7.99. The maximum absolute atomic E-state index is 12.2. The second-order valence-electron chi connectivity index (χ2n) is 6.25. The summed E-state index contributed by atoms with van der Waals surface area (Å²) in [7, 11) is 1.87. The average molecular weight is 352 g/mol. The normalized spacial score (nSPS) is 23.5. The van der Waals surface area contributed by atoms with Gasteiger partial charge in [0.2, 0.25) is 5.91 Å². The van der Waals surface area contributed by atoms with Gasteiger partial charge in [0.1, 0.15) is 11.4 Å². The van der Waals surface area contributed by atoms with E-state index in [0.717, 1.165) is 23.7 Å². The summed E-state index contributed by atoms with van der Waals surface area (Å²) in [5.74, 6) is 0.549. The van der Waals surface area contributed by atoms with Gasteiger partial charge in [-0.15, -0.1) is 10.2 Å². The molecule has 0 radical (unpaired) electrons. The number of amides is 4. The van der Waals surface area contributed by atoms with Crippen LogP contribution in [-0.2, 0) is 16.6 Å². The fourth-order valence-electron chi connectivity index (χ4n) is 2.46. The Kier molecular flexibility index (Phi) is 4.24. The SMILES string of the molecule is CCC1(C)NC(=O)N(NC(=O)CSc2nnc(C3CC3)n2C)C1=O. The van der Waals surface area contributed by atoms with Crippen LogP contribution in [0.2, 0.25) is 0 Å². The minimum atomic E-state index is -0.972. The molecule has 1 saturated carbocycles. The Hall–Kier alpha value is -2.10. The van der Waals surface area contributed by atoms with E-state index in [2.05, 4.69) is 20.9 Å². The van der Waals surface area contributed by atoms with Crippen molar-refractivity contribution >= 4 is 29.6 Å². The van der Waals surface area contributed by atoms with Crippen molar-refractivity contribution in [2.45, 2.75) is 49.7 Å². The van der Waals surface area contributed by atoms with Gasteiger partial charge in [0, 0.05) is 13.0 Å². The summed E-state index contributed by atoms with van der Waals surface area (Å²) in [6, 6.07) is -0.614. The summed E-state index contributed by atoms with van der Waals surface area (Å²) in [5, 5.41) is 12.2. The highest BCUT2D eigenvalue weighted by atomic mass is 32.2. The first-order valence-electron chi connectivity index (χ1n) is 7.84. The van der Waals surface area contributed by atoms with Gasteiger partial charge in [-0.3, -0.25) is 15.0 Å². The topological polar surface area (TPSA) is 109 Å². The van der Waals surface area contributed by atoms with Crippen molar-refractivity contribution in [3.05, 3.63) is 5.82 Å². The van der Waals surface area contributed by atoms with Gasteiger partial charge >= 0.3 is 6.03 Å². The number of carbonyl (C=O) groups excluding carboxylic acids is 3. The number of nitrogens with zero attached hydrogens (tertiary/aromatic N) is 4. The third-order valence-corrected chi connectivity index (χ3v) is 5.37. The van der Waals surface area contributed by atoms with Crippen LogP contribution in [0.1, 0.15) is 44.9 Å². The van der Waals surface area contributed by atoms with Gasteiger partial charge in [-0.2, -0.15) is 5.01 Å². The maximum Gasteiger partial charge on any atom is 0.344 e. The molecular formula is C14H20N6O3S. The van der Waals surface area contributed by atoms with Gasteiger partial charge in [0.15, 0.2) is 5.16 Å². The number of aromatic nitrogens is 3. The standard InChI is InChI=1S/C14H20N6O3S/c1-4-14(2)11(22)20(12(23)15-14)18-9(21)7-24-13-17-16-10(19(13)3)8-5-6-8/h8H,4-7H2,1-3H3,(H,15,23)(H,18,21). The smallest absolute Gasteiger partial charge is 0.322 e. The lowest BCUT2D eigenvalue weighted by molar-refractivity contribution is -0.137. The second-order valence-corrected chi connectivity index (χ2v) is 7.20. The monoisotopic (exact) mass is 352 g/mol. The number of rotatable bonds is 6. The second kappa shape index (κ2) is 6.08. The van der Waals surface area contributed by atoms with Crippen LogP contribution >= 0.6 is 11.8 Å². The Balaban J connectivity index is 1.56. The lowest BCUT2D eigenvalue weighted by atomic mass is 10.00. The van der Waals surface area contributed by atoms with Crippen LogP contribution in [0.15, 0.2) is 5.16 Å². The number of hydrogen-bond donors (Lipinski definition) is 2. The zero-order valence-electron chi connectivity index (χ0n) is 13.8. The van der Waals surface area contributed by atoms with Crippen molar-refractivity contribution in [3.8, 4) is 0 Å². The molecule has 10 heteroatoms. The third-order valence-electron chi connectivity index (χ3n) is 4.35. The number of carbonyl (C=O) groups is 3. The van der Waals surface area contributed by atoms with Crippen LogP contribution in [0.25, 0.3) is 0 Å². The summed E-state index contributed by atoms with van der Waals surface area (Å²) in [4.78, 5) is 36.1. The van der Waals surface area contributed by atoms with E-state index in [1.165, 1.54) is 11.8 Å². The molecule has 0 bridgehead atoms. The fraction of sp³-hybridized carbons (Fsp3) is 0.643. The lowest BCUT2D eigenvalue weighted by Crippen LogP contribution is -2.49. The number of thioether (sulfide) groups is 1. The number of hydrazine groups is 1. The molecule has 1 aliphatic heterocycles. The van der Waals surface area contributed by atoms with Gasteiger partial charge in [-0.25, -0.2) is 4.79 Å². The molecule has 1 saturated heterocycles. The van der Waals surface area contributed by atoms with Crippen molar-refractivity contribution in [1.29, 1.82) is 0 Å². The average Bonchev–Trinajstić information content (AvgIpc) is 3.29. The van der Waals surface area contributed by atoms with E-state index in [1.807, 2.05) is 11.6 Å². The van der Waals surface area contributed by atoms with Crippen LogP contribution in [0.5, 0.6) is 0 Å². The van der Waals surface area contributed by atoms with Crippen molar-refractivity contribution in [2.75, 3.05) is 5.75 Å². The molecule has 0 aromatic carbocycles. The van der Waals surface area contributed by atoms with Gasteiger partial charge in [-0.05, 0) is 26.2 Å². The molecule has 1 aliphatic carbocycles. The number of nitrogens with one attached hydrogen (secondary N) is 2. The molecule has 2 fully saturated rings. The first-order valence-corrected chi connectivity index (χ1v) is 8.82. The quantitative estimate of drug-likeness (QED) is 0.571. The molecule has 2 heterocycles. The van der Waals surface area contributed by atoms with Gasteiger partial charge in [0.05, 0.1) is 5.75 Å². The summed E-state index contributed by atoms with van der Waals surface area (Å²) >= 11 is 1.22. The van der Waals surface area contributed by atoms with E-state index in [1.54, 1.807) is 13.8 Å². The highest BCUT2D eigenvalue weighted by Crippen LogP contribution is 2.39. The minimum Gasteiger partial charge on any atom is -0.322 e. The third kappa shape index (κ3) is 2.97. The molecule has 3 rings (SSSR count). The predicted octanol–water partition coefficient (Wildman–Crippen LogP) is 0.536. The molecule has 1 aromatic heterocycles. The van der Waals surface area contributed by atoms with E-state index >= 15 is 0 Å².